The predicted octanol–water partition coefficient (Wildman–Crippen LogP) is 3.49. The van der Waals surface area contributed by atoms with Crippen LogP contribution in [0.5, 0.6) is 0 Å². The summed E-state index contributed by atoms with van der Waals surface area (Å²) in [5, 5.41) is 12.6. The number of aryl methyl sites for hydroxylation is 2. The maximum Gasteiger partial charge on any atom is 0.0794 e. The Labute approximate surface area is 136 Å². The molecule has 1 aliphatic carbocycles. The molecule has 3 N–H and O–H groups in total. The molecule has 4 nitrogen and oxygen atoms in total. The second-order valence-corrected chi connectivity index (χ2v) is 6.66. The number of hydrogen-bond donors (Lipinski definition) is 3. The van der Waals surface area contributed by atoms with Gasteiger partial charge in [-0.3, -0.25) is 5.10 Å². The van der Waals surface area contributed by atoms with Gasteiger partial charge in [-0.15, -0.1) is 0 Å². The summed E-state index contributed by atoms with van der Waals surface area (Å²) in [7, 11) is 0. The minimum atomic E-state index is 0.484. The number of hydrogen-bond acceptors (Lipinski definition) is 2. The zero-order chi connectivity index (χ0) is 15.6. The first kappa shape index (κ1) is 14.5. The van der Waals surface area contributed by atoms with Crippen LogP contribution in [0.3, 0.4) is 0 Å². The molecule has 4 heteroatoms. The Kier molecular flexibility index (Phi) is 3.92. The van der Waals surface area contributed by atoms with E-state index in [9.17, 15) is 0 Å². The minimum Gasteiger partial charge on any atom is -0.361 e. The molecule has 0 radical (unpaired) electrons. The van der Waals surface area contributed by atoms with Gasteiger partial charge < -0.3 is 10.3 Å². The van der Waals surface area contributed by atoms with Crippen molar-refractivity contribution in [2.75, 3.05) is 0 Å². The van der Waals surface area contributed by atoms with E-state index in [0.29, 0.717) is 6.04 Å². The van der Waals surface area contributed by atoms with Gasteiger partial charge in [-0.25, -0.2) is 0 Å². The van der Waals surface area contributed by atoms with Crippen molar-refractivity contribution in [3.8, 4) is 0 Å². The summed E-state index contributed by atoms with van der Waals surface area (Å²) in [6.07, 6.45) is 8.00. The molecule has 1 aromatic carbocycles. The van der Waals surface area contributed by atoms with E-state index in [1.807, 2.05) is 0 Å². The molecule has 2 aromatic heterocycles. The number of para-hydroxylation sites is 1. The van der Waals surface area contributed by atoms with Crippen LogP contribution in [0.15, 0.2) is 30.5 Å². The van der Waals surface area contributed by atoms with Crippen LogP contribution >= 0.6 is 0 Å². The fourth-order valence-electron chi connectivity index (χ4n) is 3.62. The molecule has 0 unspecified atom stereocenters. The molecule has 120 valence electrons. The van der Waals surface area contributed by atoms with Gasteiger partial charge in [0, 0.05) is 35.4 Å². The Balaban J connectivity index is 1.32. The third-order valence-electron chi connectivity index (χ3n) is 5.03. The highest BCUT2D eigenvalue weighted by molar-refractivity contribution is 5.82. The molecular formula is C19H24N4. The minimum absolute atomic E-state index is 0.484. The summed E-state index contributed by atoms with van der Waals surface area (Å²) in [4.78, 5) is 3.36. The van der Waals surface area contributed by atoms with Crippen LogP contribution in [0, 0.1) is 0 Å². The van der Waals surface area contributed by atoms with Crippen molar-refractivity contribution in [2.45, 2.75) is 51.6 Å². The Morgan fingerprint density at radius 2 is 2.17 bits per heavy atom. The standard InChI is InChI=1S/C19H24N4/c1-13(20-12-19-16-6-4-8-18(16)22-23-19)9-10-14-11-21-17-7-3-2-5-15(14)17/h2-3,5,7,11,13,20-21H,4,6,8-10,12H2,1H3,(H,22,23)/t13-/m0/s1. The number of H-pyrrole nitrogens is 2. The summed E-state index contributed by atoms with van der Waals surface area (Å²) in [6.45, 7) is 3.14. The molecule has 4 rings (SSSR count). The highest BCUT2D eigenvalue weighted by Gasteiger charge is 2.18. The van der Waals surface area contributed by atoms with Crippen molar-refractivity contribution in [2.24, 2.45) is 0 Å². The van der Waals surface area contributed by atoms with E-state index in [4.69, 9.17) is 0 Å². The van der Waals surface area contributed by atoms with Gasteiger partial charge in [0.1, 0.15) is 0 Å². The van der Waals surface area contributed by atoms with Crippen LogP contribution in [0.2, 0.25) is 0 Å². The normalized spacial score (nSPS) is 15.2. The van der Waals surface area contributed by atoms with Crippen molar-refractivity contribution < 1.29 is 0 Å². The maximum absolute atomic E-state index is 4.47. The molecule has 0 saturated heterocycles. The second-order valence-electron chi connectivity index (χ2n) is 6.66. The van der Waals surface area contributed by atoms with Gasteiger partial charge in [-0.1, -0.05) is 18.2 Å². The largest absolute Gasteiger partial charge is 0.361 e. The first-order valence-corrected chi connectivity index (χ1v) is 8.64. The van der Waals surface area contributed by atoms with Crippen LogP contribution in [-0.4, -0.2) is 21.2 Å². The Bertz CT molecular complexity index is 799. The SMILES string of the molecule is C[C@@H](CCc1c[nH]c2ccccc12)NCc1n[nH]c2c1CCC2. The van der Waals surface area contributed by atoms with Gasteiger partial charge in [0.15, 0.2) is 0 Å². The lowest BCUT2D eigenvalue weighted by molar-refractivity contribution is 0.508. The zero-order valence-electron chi connectivity index (χ0n) is 13.7. The molecule has 3 aromatic rings. The maximum atomic E-state index is 4.47. The van der Waals surface area contributed by atoms with E-state index in [2.05, 4.69) is 57.9 Å². The molecule has 1 aliphatic rings. The van der Waals surface area contributed by atoms with Crippen molar-refractivity contribution in [1.82, 2.24) is 20.5 Å². The Morgan fingerprint density at radius 1 is 1.26 bits per heavy atom. The van der Waals surface area contributed by atoms with E-state index in [1.165, 1.54) is 52.7 Å². The summed E-state index contributed by atoms with van der Waals surface area (Å²) in [6, 6.07) is 9.01. The lowest BCUT2D eigenvalue weighted by atomic mass is 10.1. The average Bonchev–Trinajstić information content (AvgIpc) is 3.27. The summed E-state index contributed by atoms with van der Waals surface area (Å²) >= 11 is 0. The zero-order valence-corrected chi connectivity index (χ0v) is 13.7. The monoisotopic (exact) mass is 308 g/mol. The van der Waals surface area contributed by atoms with Gasteiger partial charge in [0.05, 0.1) is 5.69 Å². The lowest BCUT2D eigenvalue weighted by Gasteiger charge is -2.13. The van der Waals surface area contributed by atoms with Crippen molar-refractivity contribution in [1.29, 1.82) is 0 Å². The van der Waals surface area contributed by atoms with Gasteiger partial charge in [-0.2, -0.15) is 5.10 Å². The van der Waals surface area contributed by atoms with E-state index in [-0.39, 0.29) is 0 Å². The van der Waals surface area contributed by atoms with Crippen LogP contribution in [-0.2, 0) is 25.8 Å². The first-order chi connectivity index (χ1) is 11.3. The number of benzene rings is 1. The second kappa shape index (κ2) is 6.20. The molecule has 0 aliphatic heterocycles. The van der Waals surface area contributed by atoms with E-state index >= 15 is 0 Å². The number of nitrogens with zero attached hydrogens (tertiary/aromatic N) is 1. The van der Waals surface area contributed by atoms with E-state index < -0.39 is 0 Å². The van der Waals surface area contributed by atoms with Gasteiger partial charge in [0.2, 0.25) is 0 Å². The molecule has 0 fully saturated rings. The fraction of sp³-hybridized carbons (Fsp3) is 0.421. The third-order valence-corrected chi connectivity index (χ3v) is 5.03. The number of aromatic nitrogens is 3. The van der Waals surface area contributed by atoms with Gasteiger partial charge in [0.25, 0.3) is 0 Å². The van der Waals surface area contributed by atoms with Crippen molar-refractivity contribution in [3.05, 3.63) is 53.0 Å². The predicted molar refractivity (Wildman–Crippen MR) is 93.5 cm³/mol. The summed E-state index contributed by atoms with van der Waals surface area (Å²) < 4.78 is 0. The number of aromatic amines is 2. The Hall–Kier alpha value is -2.07. The Morgan fingerprint density at radius 3 is 3.13 bits per heavy atom. The van der Waals surface area contributed by atoms with Gasteiger partial charge in [-0.05, 0) is 56.2 Å². The number of rotatable bonds is 6. The van der Waals surface area contributed by atoms with E-state index in [1.54, 1.807) is 0 Å². The van der Waals surface area contributed by atoms with Crippen molar-refractivity contribution >= 4 is 10.9 Å². The smallest absolute Gasteiger partial charge is 0.0794 e. The highest BCUT2D eigenvalue weighted by Crippen LogP contribution is 2.23. The topological polar surface area (TPSA) is 56.5 Å². The molecule has 0 spiro atoms. The first-order valence-electron chi connectivity index (χ1n) is 8.64. The molecule has 0 bridgehead atoms. The molecule has 23 heavy (non-hydrogen) atoms. The van der Waals surface area contributed by atoms with E-state index in [0.717, 1.165) is 19.4 Å². The number of fused-ring (bicyclic) bond motifs is 2. The number of nitrogens with one attached hydrogen (secondary N) is 3. The quantitative estimate of drug-likeness (QED) is 0.653. The molecule has 2 heterocycles. The van der Waals surface area contributed by atoms with Crippen molar-refractivity contribution in [3.63, 3.8) is 0 Å². The van der Waals surface area contributed by atoms with Crippen LogP contribution < -0.4 is 5.32 Å². The molecule has 0 amide bonds. The molecule has 1 atom stereocenters. The van der Waals surface area contributed by atoms with Crippen LogP contribution in [0.4, 0.5) is 0 Å². The third kappa shape index (κ3) is 2.91. The van der Waals surface area contributed by atoms with Crippen LogP contribution in [0.1, 0.15) is 42.3 Å². The fourth-order valence-corrected chi connectivity index (χ4v) is 3.62. The highest BCUT2D eigenvalue weighted by atomic mass is 15.1. The average molecular weight is 308 g/mol. The summed E-state index contributed by atoms with van der Waals surface area (Å²) in [5.41, 5.74) is 6.68. The van der Waals surface area contributed by atoms with Crippen LogP contribution in [0.25, 0.3) is 10.9 Å². The lowest BCUT2D eigenvalue weighted by Crippen LogP contribution is -2.26. The molecule has 0 saturated carbocycles. The molecular weight excluding hydrogens is 284 g/mol. The summed E-state index contributed by atoms with van der Waals surface area (Å²) in [5.74, 6) is 0. The van der Waals surface area contributed by atoms with Gasteiger partial charge >= 0.3 is 0 Å².